The molecule has 25 heavy (non-hydrogen) atoms. The Kier molecular flexibility index (Phi) is 2.83. The molecule has 0 fully saturated rings. The van der Waals surface area contributed by atoms with Crippen LogP contribution in [-0.4, -0.2) is 20.2 Å². The van der Waals surface area contributed by atoms with Crippen molar-refractivity contribution in [2.75, 3.05) is 0 Å². The molecule has 4 heteroatoms. The average Bonchev–Trinajstić information content (AvgIpc) is 2.90. The molecule has 0 unspecified atom stereocenters. The first kappa shape index (κ1) is 14.3. The van der Waals surface area contributed by atoms with E-state index in [4.69, 9.17) is 0 Å². The van der Waals surface area contributed by atoms with E-state index >= 15 is 0 Å². The predicted octanol–water partition coefficient (Wildman–Crippen LogP) is 3.46. The van der Waals surface area contributed by atoms with Crippen LogP contribution in [0.3, 0.4) is 0 Å². The van der Waals surface area contributed by atoms with Crippen LogP contribution < -0.4 is 0 Å². The lowest BCUT2D eigenvalue weighted by molar-refractivity contribution is -0.128. The van der Waals surface area contributed by atoms with Crippen molar-refractivity contribution in [3.63, 3.8) is 0 Å². The van der Waals surface area contributed by atoms with E-state index in [1.807, 2.05) is 48.5 Å². The van der Waals surface area contributed by atoms with Gasteiger partial charge in [0.1, 0.15) is 0 Å². The molecule has 1 aliphatic carbocycles. The summed E-state index contributed by atoms with van der Waals surface area (Å²) in [6.07, 6.45) is 3.33. The molecule has 0 spiro atoms. The van der Waals surface area contributed by atoms with Gasteiger partial charge in [0.15, 0.2) is 0 Å². The molecule has 0 radical (unpaired) electrons. The lowest BCUT2D eigenvalue weighted by Gasteiger charge is -2.21. The number of aliphatic hydroxyl groups is 2. The lowest BCUT2D eigenvalue weighted by atomic mass is 9.92. The van der Waals surface area contributed by atoms with Crippen LogP contribution in [0.4, 0.5) is 0 Å². The topological polar surface area (TPSA) is 66.2 Å². The van der Waals surface area contributed by atoms with Gasteiger partial charge in [-0.05, 0) is 40.1 Å². The summed E-state index contributed by atoms with van der Waals surface area (Å²) in [6, 6.07) is 19.3. The molecule has 2 N–H and O–H groups in total. The second-order valence-corrected chi connectivity index (χ2v) is 6.18. The molecule has 4 aromatic rings. The third kappa shape index (κ3) is 1.89. The van der Waals surface area contributed by atoms with Crippen molar-refractivity contribution in [3.05, 3.63) is 84.2 Å². The normalized spacial score (nSPS) is 14.3. The summed E-state index contributed by atoms with van der Waals surface area (Å²) in [4.78, 5) is 8.69. The highest BCUT2D eigenvalue weighted by Gasteiger charge is 2.44. The molecular weight excluding hydrogens is 312 g/mol. The molecule has 2 aromatic carbocycles. The summed E-state index contributed by atoms with van der Waals surface area (Å²) in [7, 11) is 0. The van der Waals surface area contributed by atoms with Gasteiger partial charge in [-0.15, -0.1) is 0 Å². The molecule has 5 rings (SSSR count). The standard InChI is InChI=1S/C21H14N2O2/c24-21(25)17-9-4-11-22-19(17)20-18(21)16(10-12-23-20)15-8-3-6-13-5-1-2-7-14(13)15/h1-12,24-25H. The molecule has 2 aromatic heterocycles. The van der Waals surface area contributed by atoms with Crippen molar-refractivity contribution in [1.29, 1.82) is 0 Å². The average molecular weight is 326 g/mol. The number of hydrogen-bond acceptors (Lipinski definition) is 4. The van der Waals surface area contributed by atoms with Crippen LogP contribution in [0, 0.1) is 0 Å². The van der Waals surface area contributed by atoms with Gasteiger partial charge in [-0.2, -0.15) is 0 Å². The Labute approximate surface area is 144 Å². The Bertz CT molecular complexity index is 1130. The van der Waals surface area contributed by atoms with Gasteiger partial charge in [0.2, 0.25) is 5.79 Å². The summed E-state index contributed by atoms with van der Waals surface area (Å²) < 4.78 is 0. The van der Waals surface area contributed by atoms with E-state index in [9.17, 15) is 10.2 Å². The fourth-order valence-corrected chi connectivity index (χ4v) is 3.69. The number of fused-ring (bicyclic) bond motifs is 4. The van der Waals surface area contributed by atoms with E-state index in [1.54, 1.807) is 24.5 Å². The van der Waals surface area contributed by atoms with Crippen LogP contribution in [0.25, 0.3) is 33.3 Å². The number of aromatic nitrogens is 2. The molecule has 2 heterocycles. The van der Waals surface area contributed by atoms with Crippen molar-refractivity contribution in [2.45, 2.75) is 5.79 Å². The largest absolute Gasteiger partial charge is 0.358 e. The molecule has 4 nitrogen and oxygen atoms in total. The van der Waals surface area contributed by atoms with Gasteiger partial charge in [0.25, 0.3) is 0 Å². The monoisotopic (exact) mass is 326 g/mol. The van der Waals surface area contributed by atoms with Crippen LogP contribution in [0.5, 0.6) is 0 Å². The third-order valence-corrected chi connectivity index (χ3v) is 4.79. The van der Waals surface area contributed by atoms with Gasteiger partial charge in [0, 0.05) is 18.0 Å². The summed E-state index contributed by atoms with van der Waals surface area (Å²) in [5.74, 6) is -2.11. The molecule has 0 aliphatic heterocycles. The van der Waals surface area contributed by atoms with Crippen molar-refractivity contribution >= 4 is 10.8 Å². The van der Waals surface area contributed by atoms with Crippen LogP contribution in [-0.2, 0) is 5.79 Å². The first-order chi connectivity index (χ1) is 12.2. The fourth-order valence-electron chi connectivity index (χ4n) is 3.69. The Hall–Kier alpha value is -3.08. The van der Waals surface area contributed by atoms with Gasteiger partial charge in [-0.1, -0.05) is 42.5 Å². The molecule has 0 amide bonds. The number of nitrogens with zero attached hydrogens (tertiary/aromatic N) is 2. The number of hydrogen-bond donors (Lipinski definition) is 2. The molecular formula is C21H14N2O2. The maximum atomic E-state index is 10.9. The Morgan fingerprint density at radius 3 is 2.40 bits per heavy atom. The quantitative estimate of drug-likeness (QED) is 0.526. The third-order valence-electron chi connectivity index (χ3n) is 4.79. The SMILES string of the molecule is OC1(O)c2cccnc2-c2nccc(-c3cccc4ccccc34)c21. The second kappa shape index (κ2) is 4.96. The minimum Gasteiger partial charge on any atom is -0.358 e. The zero-order valence-electron chi connectivity index (χ0n) is 13.2. The number of benzene rings is 2. The van der Waals surface area contributed by atoms with E-state index in [0.29, 0.717) is 22.5 Å². The predicted molar refractivity (Wildman–Crippen MR) is 95.6 cm³/mol. The molecule has 0 saturated heterocycles. The van der Waals surface area contributed by atoms with Gasteiger partial charge < -0.3 is 10.2 Å². The van der Waals surface area contributed by atoms with E-state index in [0.717, 1.165) is 21.9 Å². The van der Waals surface area contributed by atoms with Gasteiger partial charge in [-0.25, -0.2) is 0 Å². The second-order valence-electron chi connectivity index (χ2n) is 6.18. The summed E-state index contributed by atoms with van der Waals surface area (Å²) in [6.45, 7) is 0. The summed E-state index contributed by atoms with van der Waals surface area (Å²) in [5, 5.41) is 23.9. The van der Waals surface area contributed by atoms with Crippen molar-refractivity contribution in [3.8, 4) is 22.5 Å². The zero-order chi connectivity index (χ0) is 17.0. The van der Waals surface area contributed by atoms with E-state index < -0.39 is 5.79 Å². The van der Waals surface area contributed by atoms with E-state index in [2.05, 4.69) is 9.97 Å². The van der Waals surface area contributed by atoms with Gasteiger partial charge >= 0.3 is 0 Å². The maximum Gasteiger partial charge on any atom is 0.222 e. The van der Waals surface area contributed by atoms with Crippen LogP contribution in [0.1, 0.15) is 11.1 Å². The maximum absolute atomic E-state index is 10.9. The Morgan fingerprint density at radius 2 is 1.48 bits per heavy atom. The molecule has 0 atom stereocenters. The lowest BCUT2D eigenvalue weighted by Crippen LogP contribution is -2.24. The number of pyridine rings is 2. The molecule has 1 aliphatic rings. The molecule has 0 bridgehead atoms. The minimum atomic E-state index is -2.11. The van der Waals surface area contributed by atoms with Crippen LogP contribution in [0.15, 0.2) is 73.1 Å². The smallest absolute Gasteiger partial charge is 0.222 e. The highest BCUT2D eigenvalue weighted by atomic mass is 16.5. The summed E-state index contributed by atoms with van der Waals surface area (Å²) >= 11 is 0. The Morgan fingerprint density at radius 1 is 0.680 bits per heavy atom. The first-order valence-electron chi connectivity index (χ1n) is 8.06. The highest BCUT2D eigenvalue weighted by Crippen LogP contribution is 2.48. The van der Waals surface area contributed by atoms with E-state index in [1.165, 1.54) is 0 Å². The van der Waals surface area contributed by atoms with Gasteiger partial charge in [0.05, 0.1) is 17.0 Å². The summed E-state index contributed by atoms with van der Waals surface area (Å²) in [5.41, 5.74) is 3.49. The Balaban J connectivity index is 1.87. The first-order valence-corrected chi connectivity index (χ1v) is 8.06. The fraction of sp³-hybridized carbons (Fsp3) is 0.0476. The van der Waals surface area contributed by atoms with E-state index in [-0.39, 0.29) is 0 Å². The molecule has 120 valence electrons. The zero-order valence-corrected chi connectivity index (χ0v) is 13.2. The van der Waals surface area contributed by atoms with Crippen molar-refractivity contribution in [1.82, 2.24) is 9.97 Å². The highest BCUT2D eigenvalue weighted by molar-refractivity contribution is 5.99. The minimum absolute atomic E-state index is 0.366. The number of rotatable bonds is 1. The van der Waals surface area contributed by atoms with Crippen molar-refractivity contribution < 1.29 is 10.2 Å². The van der Waals surface area contributed by atoms with Crippen molar-refractivity contribution in [2.24, 2.45) is 0 Å². The van der Waals surface area contributed by atoms with Crippen LogP contribution >= 0.6 is 0 Å². The van der Waals surface area contributed by atoms with Crippen LogP contribution in [0.2, 0.25) is 0 Å². The molecule has 0 saturated carbocycles. The van der Waals surface area contributed by atoms with Gasteiger partial charge in [-0.3, -0.25) is 9.97 Å².